The van der Waals surface area contributed by atoms with Crippen molar-refractivity contribution < 1.29 is 14.3 Å². The van der Waals surface area contributed by atoms with Gasteiger partial charge < -0.3 is 9.52 Å². The Labute approximate surface area is 102 Å². The lowest BCUT2D eigenvalue weighted by Crippen LogP contribution is -2.53. The molecule has 17 heavy (non-hydrogen) atoms. The van der Waals surface area contributed by atoms with E-state index in [1.807, 2.05) is 37.8 Å². The summed E-state index contributed by atoms with van der Waals surface area (Å²) in [5.41, 5.74) is -0.790. The molecule has 1 heterocycles. The SMILES string of the molecule is CCN(Cc1ccco1)C(CC)(CC)C(=O)O. The van der Waals surface area contributed by atoms with E-state index in [1.54, 1.807) is 6.26 Å². The Morgan fingerprint density at radius 1 is 1.41 bits per heavy atom. The number of nitrogens with zero attached hydrogens (tertiary/aromatic N) is 1. The van der Waals surface area contributed by atoms with Gasteiger partial charge in [-0.05, 0) is 31.5 Å². The topological polar surface area (TPSA) is 53.7 Å². The summed E-state index contributed by atoms with van der Waals surface area (Å²) in [5, 5.41) is 9.48. The zero-order valence-electron chi connectivity index (χ0n) is 10.8. The highest BCUT2D eigenvalue weighted by molar-refractivity contribution is 5.78. The highest BCUT2D eigenvalue weighted by atomic mass is 16.4. The molecule has 0 bridgehead atoms. The van der Waals surface area contributed by atoms with Gasteiger partial charge in [0, 0.05) is 0 Å². The summed E-state index contributed by atoms with van der Waals surface area (Å²) in [6.45, 7) is 7.04. The van der Waals surface area contributed by atoms with Gasteiger partial charge in [0.2, 0.25) is 0 Å². The average Bonchev–Trinajstić information content (AvgIpc) is 2.82. The average molecular weight is 239 g/mol. The lowest BCUT2D eigenvalue weighted by molar-refractivity contribution is -0.153. The van der Waals surface area contributed by atoms with Crippen molar-refractivity contribution in [1.82, 2.24) is 4.90 Å². The van der Waals surface area contributed by atoms with Gasteiger partial charge in [0.1, 0.15) is 11.3 Å². The fourth-order valence-electron chi connectivity index (χ4n) is 2.29. The number of hydrogen-bond acceptors (Lipinski definition) is 3. The molecule has 1 aromatic heterocycles. The third-order valence-electron chi connectivity index (χ3n) is 3.48. The van der Waals surface area contributed by atoms with Gasteiger partial charge in [0.25, 0.3) is 0 Å². The molecule has 0 aromatic carbocycles. The number of aliphatic carboxylic acids is 1. The second kappa shape index (κ2) is 5.87. The molecule has 1 N–H and O–H groups in total. The smallest absolute Gasteiger partial charge is 0.324 e. The highest BCUT2D eigenvalue weighted by Gasteiger charge is 2.40. The summed E-state index contributed by atoms with van der Waals surface area (Å²) in [6, 6.07) is 3.70. The number of likely N-dealkylation sites (N-methyl/N-ethyl adjacent to an activating group) is 1. The number of carboxylic acids is 1. The summed E-state index contributed by atoms with van der Waals surface area (Å²) >= 11 is 0. The summed E-state index contributed by atoms with van der Waals surface area (Å²) in [6.07, 6.45) is 2.80. The van der Waals surface area contributed by atoms with Crippen LogP contribution >= 0.6 is 0 Å². The van der Waals surface area contributed by atoms with Crippen LogP contribution in [-0.2, 0) is 11.3 Å². The van der Waals surface area contributed by atoms with Crippen LogP contribution in [0.15, 0.2) is 22.8 Å². The van der Waals surface area contributed by atoms with Crippen LogP contribution < -0.4 is 0 Å². The van der Waals surface area contributed by atoms with Crippen LogP contribution in [0.1, 0.15) is 39.4 Å². The van der Waals surface area contributed by atoms with Gasteiger partial charge in [-0.1, -0.05) is 20.8 Å². The molecule has 0 spiro atoms. The lowest BCUT2D eigenvalue weighted by Gasteiger charge is -2.38. The van der Waals surface area contributed by atoms with Crippen LogP contribution in [0.3, 0.4) is 0 Å². The molecular weight excluding hydrogens is 218 g/mol. The Balaban J connectivity index is 2.93. The fourth-order valence-corrected chi connectivity index (χ4v) is 2.29. The van der Waals surface area contributed by atoms with Crippen LogP contribution in [0.25, 0.3) is 0 Å². The van der Waals surface area contributed by atoms with Crippen LogP contribution in [-0.4, -0.2) is 28.1 Å². The fraction of sp³-hybridized carbons (Fsp3) is 0.615. The predicted molar refractivity (Wildman–Crippen MR) is 65.7 cm³/mol. The molecule has 0 fully saturated rings. The quantitative estimate of drug-likeness (QED) is 0.795. The van der Waals surface area contributed by atoms with E-state index in [4.69, 9.17) is 4.42 Å². The van der Waals surface area contributed by atoms with Crippen molar-refractivity contribution in [2.24, 2.45) is 0 Å². The van der Waals surface area contributed by atoms with Gasteiger partial charge in [0.05, 0.1) is 12.8 Å². The number of hydrogen-bond donors (Lipinski definition) is 1. The van der Waals surface area contributed by atoms with E-state index in [0.29, 0.717) is 25.9 Å². The molecule has 4 heteroatoms. The lowest BCUT2D eigenvalue weighted by atomic mass is 9.90. The first-order valence-corrected chi connectivity index (χ1v) is 6.11. The molecule has 0 atom stereocenters. The first-order valence-electron chi connectivity index (χ1n) is 6.11. The molecule has 1 rings (SSSR count). The van der Waals surface area contributed by atoms with Crippen molar-refractivity contribution in [1.29, 1.82) is 0 Å². The summed E-state index contributed by atoms with van der Waals surface area (Å²) in [5.74, 6) is 0.0512. The summed E-state index contributed by atoms with van der Waals surface area (Å²) < 4.78 is 5.30. The Morgan fingerprint density at radius 2 is 2.06 bits per heavy atom. The first-order chi connectivity index (χ1) is 8.10. The van der Waals surface area contributed by atoms with Gasteiger partial charge in [-0.2, -0.15) is 0 Å². The van der Waals surface area contributed by atoms with Crippen molar-refractivity contribution in [3.8, 4) is 0 Å². The van der Waals surface area contributed by atoms with Crippen LogP contribution in [0.5, 0.6) is 0 Å². The molecule has 1 aromatic rings. The van der Waals surface area contributed by atoms with Gasteiger partial charge in [-0.3, -0.25) is 9.69 Å². The zero-order chi connectivity index (χ0) is 12.9. The predicted octanol–water partition coefficient (Wildman–Crippen LogP) is 2.74. The molecule has 0 aliphatic heterocycles. The minimum atomic E-state index is -0.790. The summed E-state index contributed by atoms with van der Waals surface area (Å²) in [7, 11) is 0. The zero-order valence-corrected chi connectivity index (χ0v) is 10.8. The Morgan fingerprint density at radius 3 is 2.41 bits per heavy atom. The van der Waals surface area contributed by atoms with E-state index in [2.05, 4.69) is 0 Å². The summed E-state index contributed by atoms with van der Waals surface area (Å²) in [4.78, 5) is 13.5. The third kappa shape index (κ3) is 2.69. The van der Waals surface area contributed by atoms with Crippen molar-refractivity contribution in [3.05, 3.63) is 24.2 Å². The monoisotopic (exact) mass is 239 g/mol. The second-order valence-corrected chi connectivity index (χ2v) is 4.14. The number of carboxylic acid groups (broad SMARTS) is 1. The maximum Gasteiger partial charge on any atom is 0.324 e. The van der Waals surface area contributed by atoms with E-state index in [0.717, 1.165) is 5.76 Å². The maximum atomic E-state index is 11.5. The maximum absolute atomic E-state index is 11.5. The molecule has 4 nitrogen and oxygen atoms in total. The van der Waals surface area contributed by atoms with Crippen molar-refractivity contribution in [3.63, 3.8) is 0 Å². The minimum Gasteiger partial charge on any atom is -0.480 e. The van der Waals surface area contributed by atoms with Crippen molar-refractivity contribution >= 4 is 5.97 Å². The molecule has 96 valence electrons. The van der Waals surface area contributed by atoms with Crippen LogP contribution in [0.4, 0.5) is 0 Å². The molecule has 0 aliphatic rings. The standard InChI is InChI=1S/C13H21NO3/c1-4-13(5-2,12(15)16)14(6-3)10-11-8-7-9-17-11/h7-9H,4-6,10H2,1-3H3,(H,15,16). The second-order valence-electron chi connectivity index (χ2n) is 4.14. The van der Waals surface area contributed by atoms with Gasteiger partial charge in [0.15, 0.2) is 0 Å². The molecule has 0 aliphatic carbocycles. The van der Waals surface area contributed by atoms with E-state index in [-0.39, 0.29) is 0 Å². The van der Waals surface area contributed by atoms with E-state index in [9.17, 15) is 9.90 Å². The van der Waals surface area contributed by atoms with Crippen LogP contribution in [0, 0.1) is 0 Å². The van der Waals surface area contributed by atoms with E-state index in [1.165, 1.54) is 0 Å². The molecule has 0 unspecified atom stereocenters. The molecule has 0 radical (unpaired) electrons. The molecule has 0 saturated heterocycles. The Bertz CT molecular complexity index is 342. The molecule has 0 saturated carbocycles. The Kier molecular flexibility index (Phi) is 4.75. The van der Waals surface area contributed by atoms with E-state index < -0.39 is 11.5 Å². The molecular formula is C13H21NO3. The Hall–Kier alpha value is -1.29. The molecule has 0 amide bonds. The first kappa shape index (κ1) is 13.8. The third-order valence-corrected chi connectivity index (χ3v) is 3.48. The largest absolute Gasteiger partial charge is 0.480 e. The number of carbonyl (C=O) groups is 1. The normalized spacial score (nSPS) is 12.0. The number of furan rings is 1. The van der Waals surface area contributed by atoms with Gasteiger partial charge in [-0.15, -0.1) is 0 Å². The van der Waals surface area contributed by atoms with Crippen LogP contribution in [0.2, 0.25) is 0 Å². The minimum absolute atomic E-state index is 0.539. The van der Waals surface area contributed by atoms with Crippen molar-refractivity contribution in [2.75, 3.05) is 6.54 Å². The van der Waals surface area contributed by atoms with E-state index >= 15 is 0 Å². The van der Waals surface area contributed by atoms with Gasteiger partial charge >= 0.3 is 5.97 Å². The highest BCUT2D eigenvalue weighted by Crippen LogP contribution is 2.26. The number of rotatable bonds is 7. The van der Waals surface area contributed by atoms with Gasteiger partial charge in [-0.25, -0.2) is 0 Å². The van der Waals surface area contributed by atoms with Crippen molar-refractivity contribution in [2.45, 2.75) is 45.7 Å².